The third-order valence-corrected chi connectivity index (χ3v) is 2.91. The summed E-state index contributed by atoms with van der Waals surface area (Å²) in [5, 5.41) is 4.98. The maximum Gasteiger partial charge on any atom is 0.229 e. The Bertz CT molecular complexity index is 601. The van der Waals surface area contributed by atoms with Crippen LogP contribution in [0.1, 0.15) is 20.8 Å². The maximum absolute atomic E-state index is 4.63. The number of H-pyrrole nitrogens is 1. The molecule has 0 amide bonds. The van der Waals surface area contributed by atoms with E-state index in [2.05, 4.69) is 36.1 Å². The van der Waals surface area contributed by atoms with Crippen LogP contribution < -0.4 is 26.2 Å². The van der Waals surface area contributed by atoms with Crippen molar-refractivity contribution in [2.45, 2.75) is 20.8 Å². The number of hydrogen-bond donors (Lipinski definition) is 4. The van der Waals surface area contributed by atoms with Gasteiger partial charge in [-0.25, -0.2) is 16.0 Å². The fourth-order valence-electron chi connectivity index (χ4n) is 2.01. The fraction of sp³-hybridized carbons (Fsp3) is 0.615. The zero-order valence-electron chi connectivity index (χ0n) is 13.9. The number of nitrogens with one attached hydrogen (secondary N) is 4. The van der Waals surface area contributed by atoms with E-state index < -0.39 is 0 Å². The van der Waals surface area contributed by atoms with Gasteiger partial charge in [-0.3, -0.25) is 0 Å². The van der Waals surface area contributed by atoms with E-state index in [9.17, 15) is 0 Å². The van der Waals surface area contributed by atoms with Crippen molar-refractivity contribution in [3.63, 3.8) is 0 Å². The van der Waals surface area contributed by atoms with E-state index in [1.165, 1.54) is 0 Å². The lowest BCUT2D eigenvalue weighted by Gasteiger charge is -2.24. The highest BCUT2D eigenvalue weighted by molar-refractivity contribution is 5.86. The first-order valence-electron chi connectivity index (χ1n) is 7.56. The molecule has 9 heteroatoms. The van der Waals surface area contributed by atoms with Crippen molar-refractivity contribution in [2.24, 2.45) is 0 Å². The van der Waals surface area contributed by atoms with Gasteiger partial charge >= 0.3 is 0 Å². The molecule has 0 radical (unpaired) electrons. The first-order chi connectivity index (χ1) is 10.6. The zero-order chi connectivity index (χ0) is 16.1. The number of imidazole rings is 1. The lowest BCUT2D eigenvalue weighted by atomic mass is 10.5. The topological polar surface area (TPSA) is 97.0 Å². The number of anilines is 3. The number of fused-ring (bicyclic) bond motifs is 1. The minimum atomic E-state index is 0.609. The molecule has 0 bridgehead atoms. The summed E-state index contributed by atoms with van der Waals surface area (Å²) in [5.41, 5.74) is 7.90. The number of aromatic amines is 1. The highest BCUT2D eigenvalue weighted by Crippen LogP contribution is 2.24. The molecule has 0 saturated carbocycles. The molecule has 2 rings (SSSR count). The van der Waals surface area contributed by atoms with Gasteiger partial charge in [0.2, 0.25) is 11.9 Å². The average Bonchev–Trinajstić information content (AvgIpc) is 2.88. The molecule has 0 aliphatic rings. The van der Waals surface area contributed by atoms with Gasteiger partial charge < -0.3 is 15.2 Å². The summed E-state index contributed by atoms with van der Waals surface area (Å²) in [6, 6.07) is 0. The molecule has 0 fully saturated rings. The van der Waals surface area contributed by atoms with E-state index >= 15 is 0 Å². The Hall–Kier alpha value is -2.13. The molecule has 2 aromatic rings. The quantitative estimate of drug-likeness (QED) is 0.529. The Morgan fingerprint density at radius 3 is 2.18 bits per heavy atom. The Kier molecular flexibility index (Phi) is 5.34. The third kappa shape index (κ3) is 3.37. The van der Waals surface area contributed by atoms with E-state index in [1.807, 2.05) is 44.9 Å². The first kappa shape index (κ1) is 16.2. The Balaban J connectivity index is 2.56. The second-order valence-electron chi connectivity index (χ2n) is 4.91. The van der Waals surface area contributed by atoms with Crippen molar-refractivity contribution in [2.75, 3.05) is 49.1 Å². The molecule has 0 aromatic carbocycles. The van der Waals surface area contributed by atoms with Gasteiger partial charge in [-0.1, -0.05) is 13.8 Å². The lowest BCUT2D eigenvalue weighted by Crippen LogP contribution is -2.49. The summed E-state index contributed by atoms with van der Waals surface area (Å²) >= 11 is 0. The molecule has 0 saturated heterocycles. The molecule has 2 aromatic heterocycles. The van der Waals surface area contributed by atoms with Crippen molar-refractivity contribution in [3.05, 3.63) is 0 Å². The Labute approximate surface area is 130 Å². The third-order valence-electron chi connectivity index (χ3n) is 2.91. The highest BCUT2D eigenvalue weighted by Gasteiger charge is 2.18. The smallest absolute Gasteiger partial charge is 0.229 e. The maximum atomic E-state index is 4.63. The van der Waals surface area contributed by atoms with Gasteiger partial charge in [-0.2, -0.15) is 15.0 Å². The highest BCUT2D eigenvalue weighted by atomic mass is 15.7. The molecule has 122 valence electrons. The number of nitrogens with zero attached hydrogens (tertiary/aromatic N) is 5. The molecule has 0 atom stereocenters. The summed E-state index contributed by atoms with van der Waals surface area (Å²) in [6.45, 7) is 8.41. The Morgan fingerprint density at radius 2 is 1.64 bits per heavy atom. The molecule has 0 aliphatic carbocycles. The van der Waals surface area contributed by atoms with Gasteiger partial charge in [-0.05, 0) is 6.92 Å². The molecule has 0 aliphatic heterocycles. The van der Waals surface area contributed by atoms with Crippen LogP contribution in [-0.4, -0.2) is 53.7 Å². The molecule has 9 nitrogen and oxygen atoms in total. The van der Waals surface area contributed by atoms with Crippen LogP contribution >= 0.6 is 0 Å². The molecule has 2 heterocycles. The number of aromatic nitrogens is 4. The normalized spacial score (nSPS) is 11.0. The fourth-order valence-corrected chi connectivity index (χ4v) is 2.01. The van der Waals surface area contributed by atoms with Gasteiger partial charge in [0.25, 0.3) is 0 Å². The van der Waals surface area contributed by atoms with Gasteiger partial charge in [0.1, 0.15) is 5.52 Å². The molecule has 4 N–H and O–H groups in total. The first-order valence-corrected chi connectivity index (χ1v) is 7.56. The summed E-state index contributed by atoms with van der Waals surface area (Å²) in [4.78, 5) is 18.7. The predicted octanol–water partition coefficient (Wildman–Crippen LogP) is 0.706. The van der Waals surface area contributed by atoms with Crippen LogP contribution in [-0.2, 0) is 0 Å². The molecular formula is C13H25N9. The molecule has 0 spiro atoms. The van der Waals surface area contributed by atoms with Crippen LogP contribution in [0.25, 0.3) is 11.2 Å². The Morgan fingerprint density at radius 1 is 0.955 bits per heavy atom. The monoisotopic (exact) mass is 307 g/mol. The van der Waals surface area contributed by atoms with E-state index in [0.29, 0.717) is 23.4 Å². The summed E-state index contributed by atoms with van der Waals surface area (Å²) in [5.74, 6) is 2.02. The molecule has 22 heavy (non-hydrogen) atoms. The summed E-state index contributed by atoms with van der Waals surface area (Å²) in [6.07, 6.45) is 0. The average molecular weight is 307 g/mol. The zero-order valence-corrected chi connectivity index (χ0v) is 13.9. The predicted molar refractivity (Wildman–Crippen MR) is 90.0 cm³/mol. The number of hydrogen-bond acceptors (Lipinski definition) is 8. The van der Waals surface area contributed by atoms with Gasteiger partial charge in [-0.15, -0.1) is 0 Å². The van der Waals surface area contributed by atoms with Crippen molar-refractivity contribution in [1.29, 1.82) is 0 Å². The van der Waals surface area contributed by atoms with Gasteiger partial charge in [0.05, 0.1) is 0 Å². The van der Waals surface area contributed by atoms with Crippen LogP contribution in [0, 0.1) is 0 Å². The minimum absolute atomic E-state index is 0.609. The number of hydrazine groups is 2. The van der Waals surface area contributed by atoms with E-state index in [0.717, 1.165) is 25.2 Å². The van der Waals surface area contributed by atoms with Crippen LogP contribution in [0.3, 0.4) is 0 Å². The standard InChI is InChI=1S/C13H25N9/c1-6-14-12-17-9-10(18-12)19-13(21(4)5)20-11(9)22(15-7-2)16-8-3/h15-16H,6-8H2,1-5H3,(H2,14,17,18,19,20). The number of rotatable bonds is 8. The van der Waals surface area contributed by atoms with Crippen molar-refractivity contribution < 1.29 is 0 Å². The van der Waals surface area contributed by atoms with Gasteiger partial charge in [0, 0.05) is 33.7 Å². The van der Waals surface area contributed by atoms with Crippen molar-refractivity contribution in [1.82, 2.24) is 30.8 Å². The molecule has 0 unspecified atom stereocenters. The molecular weight excluding hydrogens is 282 g/mol. The van der Waals surface area contributed by atoms with Crippen LogP contribution in [0.15, 0.2) is 0 Å². The van der Waals surface area contributed by atoms with Crippen molar-refractivity contribution in [3.8, 4) is 0 Å². The van der Waals surface area contributed by atoms with E-state index in [4.69, 9.17) is 0 Å². The summed E-state index contributed by atoms with van der Waals surface area (Å²) < 4.78 is 0. The van der Waals surface area contributed by atoms with Crippen molar-refractivity contribution >= 4 is 28.9 Å². The van der Waals surface area contributed by atoms with E-state index in [1.54, 1.807) is 0 Å². The van der Waals surface area contributed by atoms with Gasteiger partial charge in [0.15, 0.2) is 11.5 Å². The second kappa shape index (κ2) is 7.23. The largest absolute Gasteiger partial charge is 0.356 e. The minimum Gasteiger partial charge on any atom is -0.356 e. The SMILES string of the molecule is CCNc1nc2nc(N(C)C)nc(N(NCC)NCC)c2[nH]1. The van der Waals surface area contributed by atoms with Crippen LogP contribution in [0.4, 0.5) is 17.7 Å². The lowest BCUT2D eigenvalue weighted by molar-refractivity contribution is 0.544. The van der Waals surface area contributed by atoms with E-state index in [-0.39, 0.29) is 0 Å². The van der Waals surface area contributed by atoms with Crippen LogP contribution in [0.5, 0.6) is 0 Å². The summed E-state index contributed by atoms with van der Waals surface area (Å²) in [7, 11) is 3.82. The van der Waals surface area contributed by atoms with Crippen LogP contribution in [0.2, 0.25) is 0 Å². The second-order valence-corrected chi connectivity index (χ2v) is 4.91.